The van der Waals surface area contributed by atoms with Crippen molar-refractivity contribution in [2.45, 2.75) is 38.4 Å². The van der Waals surface area contributed by atoms with E-state index in [4.69, 9.17) is 0 Å². The van der Waals surface area contributed by atoms with E-state index in [1.807, 2.05) is 24.4 Å². The molecule has 0 aliphatic heterocycles. The Hall–Kier alpha value is -2.46. The summed E-state index contributed by atoms with van der Waals surface area (Å²) in [4.78, 5) is 0. The quantitative estimate of drug-likeness (QED) is 0.756. The van der Waals surface area contributed by atoms with Gasteiger partial charge in [0.25, 0.3) is 0 Å². The highest BCUT2D eigenvalue weighted by molar-refractivity contribution is 5.27. The van der Waals surface area contributed by atoms with Crippen molar-refractivity contribution < 1.29 is 4.39 Å². The van der Waals surface area contributed by atoms with Gasteiger partial charge in [0.2, 0.25) is 0 Å². The lowest BCUT2D eigenvalue weighted by atomic mass is 9.92. The Morgan fingerprint density at radius 3 is 2.64 bits per heavy atom. The molecule has 1 atom stereocenters. The maximum absolute atomic E-state index is 13.0. The highest BCUT2D eigenvalue weighted by Crippen LogP contribution is 2.30. The van der Waals surface area contributed by atoms with Crippen LogP contribution in [0.15, 0.2) is 60.8 Å². The molecular formula is C21H22FN3. The van der Waals surface area contributed by atoms with Gasteiger partial charge in [-0.05, 0) is 42.5 Å². The monoisotopic (exact) mass is 335 g/mol. The minimum atomic E-state index is -0.189. The third-order valence-electron chi connectivity index (χ3n) is 4.90. The molecule has 1 heterocycles. The summed E-state index contributed by atoms with van der Waals surface area (Å²) in [7, 11) is 0. The van der Waals surface area contributed by atoms with E-state index in [0.29, 0.717) is 6.04 Å². The molecule has 2 aromatic carbocycles. The summed E-state index contributed by atoms with van der Waals surface area (Å²) in [5.74, 6) is -0.189. The summed E-state index contributed by atoms with van der Waals surface area (Å²) in [6.45, 7) is 1.56. The lowest BCUT2D eigenvalue weighted by molar-refractivity contribution is 0.449. The Morgan fingerprint density at radius 2 is 1.84 bits per heavy atom. The normalized spacial score (nSPS) is 16.6. The van der Waals surface area contributed by atoms with Crippen LogP contribution < -0.4 is 5.32 Å². The first-order valence-corrected chi connectivity index (χ1v) is 8.86. The summed E-state index contributed by atoms with van der Waals surface area (Å²) in [5.41, 5.74) is 5.02. The Bertz CT molecular complexity index is 824. The van der Waals surface area contributed by atoms with Crippen LogP contribution in [0.25, 0.3) is 0 Å². The van der Waals surface area contributed by atoms with Gasteiger partial charge in [-0.2, -0.15) is 5.10 Å². The third-order valence-corrected chi connectivity index (χ3v) is 4.90. The number of hydrogen-bond donors (Lipinski definition) is 1. The highest BCUT2D eigenvalue weighted by atomic mass is 19.1. The molecule has 0 saturated heterocycles. The van der Waals surface area contributed by atoms with Crippen molar-refractivity contribution >= 4 is 0 Å². The van der Waals surface area contributed by atoms with Crippen LogP contribution in [0.1, 0.15) is 41.3 Å². The molecule has 1 aliphatic carbocycles. The predicted molar refractivity (Wildman–Crippen MR) is 96.7 cm³/mol. The molecule has 25 heavy (non-hydrogen) atoms. The molecule has 0 bridgehead atoms. The van der Waals surface area contributed by atoms with Crippen molar-refractivity contribution in [2.75, 3.05) is 0 Å². The predicted octanol–water partition coefficient (Wildman–Crippen LogP) is 4.24. The van der Waals surface area contributed by atoms with E-state index in [9.17, 15) is 4.39 Å². The van der Waals surface area contributed by atoms with Crippen LogP contribution >= 0.6 is 0 Å². The average Bonchev–Trinajstić information content (AvgIpc) is 3.06. The van der Waals surface area contributed by atoms with Gasteiger partial charge in [0, 0.05) is 23.8 Å². The van der Waals surface area contributed by atoms with E-state index in [1.54, 1.807) is 0 Å². The van der Waals surface area contributed by atoms with Crippen molar-refractivity contribution in [1.82, 2.24) is 15.1 Å². The molecular weight excluding hydrogens is 313 g/mol. The molecule has 3 aromatic rings. The summed E-state index contributed by atoms with van der Waals surface area (Å²) < 4.78 is 15.2. The molecule has 0 radical (unpaired) electrons. The summed E-state index contributed by atoms with van der Waals surface area (Å²) in [5, 5.41) is 8.25. The van der Waals surface area contributed by atoms with Gasteiger partial charge in [0.15, 0.2) is 0 Å². The molecule has 1 aromatic heterocycles. The lowest BCUT2D eigenvalue weighted by Crippen LogP contribution is -2.25. The van der Waals surface area contributed by atoms with E-state index in [0.717, 1.165) is 37.9 Å². The number of halogens is 1. The highest BCUT2D eigenvalue weighted by Gasteiger charge is 2.23. The van der Waals surface area contributed by atoms with Crippen LogP contribution in [0.4, 0.5) is 4.39 Å². The van der Waals surface area contributed by atoms with Gasteiger partial charge in [-0.1, -0.05) is 42.5 Å². The van der Waals surface area contributed by atoms with Crippen molar-refractivity contribution in [1.29, 1.82) is 0 Å². The largest absolute Gasteiger partial charge is 0.306 e. The zero-order valence-electron chi connectivity index (χ0n) is 14.2. The second-order valence-corrected chi connectivity index (χ2v) is 6.64. The van der Waals surface area contributed by atoms with Crippen LogP contribution in [-0.4, -0.2) is 9.78 Å². The van der Waals surface area contributed by atoms with Crippen LogP contribution in [0, 0.1) is 5.82 Å². The first kappa shape index (κ1) is 16.0. The third kappa shape index (κ3) is 3.64. The summed E-state index contributed by atoms with van der Waals surface area (Å²) in [6, 6.07) is 17.5. The molecule has 0 amide bonds. The second kappa shape index (κ2) is 7.19. The van der Waals surface area contributed by atoms with Crippen molar-refractivity contribution in [2.24, 2.45) is 0 Å². The van der Waals surface area contributed by atoms with Gasteiger partial charge in [0.1, 0.15) is 5.82 Å². The van der Waals surface area contributed by atoms with E-state index < -0.39 is 0 Å². The fraction of sp³-hybridized carbons (Fsp3) is 0.286. The zero-order chi connectivity index (χ0) is 17.1. The van der Waals surface area contributed by atoms with Gasteiger partial charge >= 0.3 is 0 Å². The number of nitrogens with zero attached hydrogens (tertiary/aromatic N) is 2. The number of nitrogens with one attached hydrogen (secondary N) is 1. The number of rotatable bonds is 5. The van der Waals surface area contributed by atoms with Crippen molar-refractivity contribution in [3.8, 4) is 0 Å². The Balaban J connectivity index is 1.47. The van der Waals surface area contributed by atoms with E-state index >= 15 is 0 Å². The molecule has 0 unspecified atom stereocenters. The Morgan fingerprint density at radius 1 is 1.04 bits per heavy atom. The fourth-order valence-corrected chi connectivity index (χ4v) is 3.57. The van der Waals surface area contributed by atoms with Crippen molar-refractivity contribution in [3.63, 3.8) is 0 Å². The first-order chi connectivity index (χ1) is 12.3. The van der Waals surface area contributed by atoms with Gasteiger partial charge in [0.05, 0.1) is 12.7 Å². The van der Waals surface area contributed by atoms with Gasteiger partial charge in [-0.3, -0.25) is 4.68 Å². The molecule has 0 saturated carbocycles. The molecule has 0 spiro atoms. The molecule has 4 rings (SSSR count). The number of fused-ring (bicyclic) bond motifs is 1. The maximum atomic E-state index is 13.0. The summed E-state index contributed by atoms with van der Waals surface area (Å²) >= 11 is 0. The fourth-order valence-electron chi connectivity index (χ4n) is 3.57. The van der Waals surface area contributed by atoms with E-state index in [-0.39, 0.29) is 5.82 Å². The Kier molecular flexibility index (Phi) is 4.61. The Labute approximate surface area is 147 Å². The minimum Gasteiger partial charge on any atom is -0.306 e. The molecule has 128 valence electrons. The maximum Gasteiger partial charge on any atom is 0.123 e. The lowest BCUT2D eigenvalue weighted by Gasteiger charge is -2.24. The zero-order valence-corrected chi connectivity index (χ0v) is 14.2. The number of aromatic nitrogens is 2. The first-order valence-electron chi connectivity index (χ1n) is 8.86. The van der Waals surface area contributed by atoms with Crippen LogP contribution in [0.3, 0.4) is 0 Å². The van der Waals surface area contributed by atoms with Gasteiger partial charge in [-0.15, -0.1) is 0 Å². The topological polar surface area (TPSA) is 29.9 Å². The van der Waals surface area contributed by atoms with Crippen LogP contribution in [0.5, 0.6) is 0 Å². The standard InChI is InChI=1S/C21H22FN3/c22-18-11-9-16(10-12-18)13-23-20-7-4-8-21-19(20)14-24-25(21)15-17-5-2-1-3-6-17/h1-3,5-6,9-12,14,20,23H,4,7-8,13,15H2/t20-/m0/s1. The van der Waals surface area contributed by atoms with Crippen LogP contribution in [0.2, 0.25) is 0 Å². The molecule has 0 fully saturated rings. The molecule has 1 aliphatic rings. The SMILES string of the molecule is Fc1ccc(CN[C@H]2CCCc3c2cnn3Cc2ccccc2)cc1. The van der Waals surface area contributed by atoms with E-state index in [1.165, 1.54) is 29.0 Å². The average molecular weight is 335 g/mol. The number of benzene rings is 2. The number of hydrogen-bond acceptors (Lipinski definition) is 2. The van der Waals surface area contributed by atoms with E-state index in [2.05, 4.69) is 39.4 Å². The van der Waals surface area contributed by atoms with Crippen molar-refractivity contribution in [3.05, 3.63) is 89.0 Å². The summed E-state index contributed by atoms with van der Waals surface area (Å²) in [6.07, 6.45) is 5.37. The van der Waals surface area contributed by atoms with Gasteiger partial charge in [-0.25, -0.2) is 4.39 Å². The van der Waals surface area contributed by atoms with Gasteiger partial charge < -0.3 is 5.32 Å². The minimum absolute atomic E-state index is 0.189. The second-order valence-electron chi connectivity index (χ2n) is 6.64. The molecule has 3 nitrogen and oxygen atoms in total. The van der Waals surface area contributed by atoms with Crippen LogP contribution in [-0.2, 0) is 19.5 Å². The molecule has 1 N–H and O–H groups in total. The smallest absolute Gasteiger partial charge is 0.123 e. The molecule has 4 heteroatoms.